The fraction of sp³-hybridized carbons (Fsp3) is 0.385. The molecule has 0 saturated carbocycles. The number of nitrogens with zero attached hydrogens (tertiary/aromatic N) is 2. The number of ether oxygens (including phenoxy) is 1. The summed E-state index contributed by atoms with van der Waals surface area (Å²) in [7, 11) is 0. The van der Waals surface area contributed by atoms with Crippen LogP contribution in [-0.4, -0.2) is 28.5 Å². The van der Waals surface area contributed by atoms with Gasteiger partial charge in [-0.3, -0.25) is 4.79 Å². The lowest BCUT2D eigenvalue weighted by atomic mass is 10.0. The van der Waals surface area contributed by atoms with Crippen molar-refractivity contribution in [3.63, 3.8) is 0 Å². The van der Waals surface area contributed by atoms with Gasteiger partial charge in [0.2, 0.25) is 0 Å². The first-order valence-corrected chi connectivity index (χ1v) is 6.04. The lowest BCUT2D eigenvalue weighted by Gasteiger charge is -2.11. The number of hydrogen-bond donors (Lipinski definition) is 1. The van der Waals surface area contributed by atoms with Crippen LogP contribution in [0.15, 0.2) is 30.6 Å². The van der Waals surface area contributed by atoms with E-state index in [0.29, 0.717) is 13.0 Å². The number of fused-ring (bicyclic) bond motifs is 1. The van der Waals surface area contributed by atoms with Crippen molar-refractivity contribution in [2.45, 2.75) is 13.3 Å². The second-order valence-electron chi connectivity index (χ2n) is 4.09. The van der Waals surface area contributed by atoms with Gasteiger partial charge in [0.25, 0.3) is 0 Å². The number of hydrogen-bond acceptors (Lipinski definition) is 4. The molecular weight excluding hydrogens is 230 g/mol. The maximum absolute atomic E-state index is 11.7. The van der Waals surface area contributed by atoms with Gasteiger partial charge in [-0.15, -0.1) is 0 Å². The van der Waals surface area contributed by atoms with Crippen molar-refractivity contribution in [1.29, 1.82) is 0 Å². The molecule has 5 nitrogen and oxygen atoms in total. The van der Waals surface area contributed by atoms with Gasteiger partial charge in [0.05, 0.1) is 18.2 Å². The minimum atomic E-state index is -0.324. The van der Waals surface area contributed by atoms with Crippen molar-refractivity contribution in [3.8, 4) is 0 Å². The molecule has 1 atom stereocenters. The molecule has 2 aromatic rings. The molecule has 2 N–H and O–H groups in total. The Kier molecular flexibility index (Phi) is 3.94. The van der Waals surface area contributed by atoms with E-state index in [1.54, 1.807) is 6.92 Å². The molecule has 1 unspecified atom stereocenters. The zero-order chi connectivity index (χ0) is 13.0. The molecule has 2 rings (SSSR count). The molecule has 2 heterocycles. The number of aromatic nitrogens is 2. The zero-order valence-corrected chi connectivity index (χ0v) is 10.4. The SMILES string of the molecule is CCOC(=O)C(CN)Cc1cn2ccccc2n1. The van der Waals surface area contributed by atoms with Gasteiger partial charge in [-0.05, 0) is 19.1 Å². The van der Waals surface area contributed by atoms with E-state index in [1.807, 2.05) is 35.0 Å². The third-order valence-corrected chi connectivity index (χ3v) is 2.77. The maximum Gasteiger partial charge on any atom is 0.310 e. The van der Waals surface area contributed by atoms with Crippen molar-refractivity contribution in [2.24, 2.45) is 11.7 Å². The highest BCUT2D eigenvalue weighted by Crippen LogP contribution is 2.11. The minimum absolute atomic E-state index is 0.253. The Balaban J connectivity index is 2.13. The summed E-state index contributed by atoms with van der Waals surface area (Å²) in [5.41, 5.74) is 7.33. The first-order chi connectivity index (χ1) is 8.74. The van der Waals surface area contributed by atoms with Crippen LogP contribution in [0.4, 0.5) is 0 Å². The molecule has 96 valence electrons. The van der Waals surface area contributed by atoms with Gasteiger partial charge < -0.3 is 14.9 Å². The molecule has 0 fully saturated rings. The first-order valence-electron chi connectivity index (χ1n) is 6.04. The van der Waals surface area contributed by atoms with E-state index in [1.165, 1.54) is 0 Å². The third kappa shape index (κ3) is 2.68. The average molecular weight is 247 g/mol. The summed E-state index contributed by atoms with van der Waals surface area (Å²) in [6.45, 7) is 2.43. The van der Waals surface area contributed by atoms with Crippen LogP contribution in [0.5, 0.6) is 0 Å². The summed E-state index contributed by atoms with van der Waals surface area (Å²) in [5.74, 6) is -0.577. The Hall–Kier alpha value is -1.88. The van der Waals surface area contributed by atoms with E-state index in [9.17, 15) is 4.79 Å². The van der Waals surface area contributed by atoms with Crippen LogP contribution in [0.2, 0.25) is 0 Å². The first kappa shape index (κ1) is 12.6. The highest BCUT2D eigenvalue weighted by Gasteiger charge is 2.19. The Morgan fingerprint density at radius 1 is 1.56 bits per heavy atom. The number of carbonyl (C=O) groups is 1. The maximum atomic E-state index is 11.7. The van der Waals surface area contributed by atoms with Crippen molar-refractivity contribution < 1.29 is 9.53 Å². The highest BCUT2D eigenvalue weighted by molar-refractivity contribution is 5.73. The normalized spacial score (nSPS) is 12.6. The van der Waals surface area contributed by atoms with E-state index in [-0.39, 0.29) is 18.4 Å². The number of nitrogens with two attached hydrogens (primary N) is 1. The van der Waals surface area contributed by atoms with E-state index >= 15 is 0 Å². The Bertz CT molecular complexity index is 503. The van der Waals surface area contributed by atoms with Crippen molar-refractivity contribution in [2.75, 3.05) is 13.2 Å². The molecule has 18 heavy (non-hydrogen) atoms. The van der Waals surface area contributed by atoms with Crippen LogP contribution in [-0.2, 0) is 16.0 Å². The topological polar surface area (TPSA) is 69.6 Å². The van der Waals surface area contributed by atoms with Crippen LogP contribution in [0.25, 0.3) is 5.65 Å². The minimum Gasteiger partial charge on any atom is -0.466 e. The number of rotatable bonds is 5. The van der Waals surface area contributed by atoms with Gasteiger partial charge >= 0.3 is 5.97 Å². The monoisotopic (exact) mass is 247 g/mol. The second-order valence-corrected chi connectivity index (χ2v) is 4.09. The van der Waals surface area contributed by atoms with Gasteiger partial charge in [-0.25, -0.2) is 4.98 Å². The molecule has 0 bridgehead atoms. The smallest absolute Gasteiger partial charge is 0.310 e. The van der Waals surface area contributed by atoms with Crippen molar-refractivity contribution in [3.05, 3.63) is 36.3 Å². The fourth-order valence-electron chi connectivity index (χ4n) is 1.86. The number of pyridine rings is 1. The van der Waals surface area contributed by atoms with E-state index in [0.717, 1.165) is 11.3 Å². The molecular formula is C13H17N3O2. The van der Waals surface area contributed by atoms with Gasteiger partial charge in [0.15, 0.2) is 0 Å². The van der Waals surface area contributed by atoms with Gasteiger partial charge in [-0.2, -0.15) is 0 Å². The summed E-state index contributed by atoms with van der Waals surface area (Å²) >= 11 is 0. The molecule has 0 aliphatic rings. The standard InChI is InChI=1S/C13H17N3O2/c1-2-18-13(17)10(8-14)7-11-9-16-6-4-3-5-12(16)15-11/h3-6,9-10H,2,7-8,14H2,1H3. The number of imidazole rings is 1. The van der Waals surface area contributed by atoms with Crippen LogP contribution < -0.4 is 5.73 Å². The summed E-state index contributed by atoms with van der Waals surface area (Å²) in [6.07, 6.45) is 4.35. The van der Waals surface area contributed by atoms with E-state index in [4.69, 9.17) is 10.5 Å². The largest absolute Gasteiger partial charge is 0.466 e. The zero-order valence-electron chi connectivity index (χ0n) is 10.4. The molecule has 0 radical (unpaired) electrons. The Morgan fingerprint density at radius 2 is 2.39 bits per heavy atom. The van der Waals surface area contributed by atoms with Crippen molar-refractivity contribution >= 4 is 11.6 Å². The predicted molar refractivity (Wildman–Crippen MR) is 68.1 cm³/mol. The number of carbonyl (C=O) groups excluding carboxylic acids is 1. The summed E-state index contributed by atoms with van der Waals surface area (Å²) in [4.78, 5) is 16.1. The van der Waals surface area contributed by atoms with Crippen LogP contribution in [0.3, 0.4) is 0 Å². The lowest BCUT2D eigenvalue weighted by molar-refractivity contribution is -0.147. The molecule has 0 aliphatic heterocycles. The van der Waals surface area contributed by atoms with Crippen LogP contribution in [0.1, 0.15) is 12.6 Å². The van der Waals surface area contributed by atoms with Gasteiger partial charge in [0, 0.05) is 25.4 Å². The van der Waals surface area contributed by atoms with Gasteiger partial charge in [-0.1, -0.05) is 6.07 Å². The Morgan fingerprint density at radius 3 is 3.06 bits per heavy atom. The third-order valence-electron chi connectivity index (χ3n) is 2.77. The van der Waals surface area contributed by atoms with Crippen LogP contribution in [0, 0.1) is 5.92 Å². The molecule has 0 aliphatic carbocycles. The second kappa shape index (κ2) is 5.64. The summed E-state index contributed by atoms with van der Waals surface area (Å²) < 4.78 is 6.91. The lowest BCUT2D eigenvalue weighted by Crippen LogP contribution is -2.27. The molecule has 5 heteroatoms. The van der Waals surface area contributed by atoms with E-state index < -0.39 is 0 Å². The Labute approximate surface area is 106 Å². The van der Waals surface area contributed by atoms with Crippen molar-refractivity contribution in [1.82, 2.24) is 9.38 Å². The van der Waals surface area contributed by atoms with Gasteiger partial charge in [0.1, 0.15) is 5.65 Å². The summed E-state index contributed by atoms with van der Waals surface area (Å²) in [6, 6.07) is 5.79. The highest BCUT2D eigenvalue weighted by atomic mass is 16.5. The molecule has 0 spiro atoms. The molecule has 0 amide bonds. The quantitative estimate of drug-likeness (QED) is 0.801. The predicted octanol–water partition coefficient (Wildman–Crippen LogP) is 1.01. The summed E-state index contributed by atoms with van der Waals surface area (Å²) in [5, 5.41) is 0. The molecule has 0 saturated heterocycles. The average Bonchev–Trinajstić information content (AvgIpc) is 2.78. The van der Waals surface area contributed by atoms with E-state index in [2.05, 4.69) is 4.98 Å². The fourth-order valence-corrected chi connectivity index (χ4v) is 1.86. The number of esters is 1. The molecule has 0 aromatic carbocycles. The molecule has 2 aromatic heterocycles. The van der Waals surface area contributed by atoms with Crippen LogP contribution >= 0.6 is 0 Å².